The molecule has 4 rings (SSSR count). The Hall–Kier alpha value is -1.61. The van der Waals surface area contributed by atoms with Gasteiger partial charge >= 0.3 is 0 Å². The van der Waals surface area contributed by atoms with Gasteiger partial charge in [0, 0.05) is 29.6 Å². The average molecular weight is 414 g/mol. The van der Waals surface area contributed by atoms with Crippen LogP contribution in [0.5, 0.6) is 11.5 Å². The van der Waals surface area contributed by atoms with Crippen molar-refractivity contribution in [3.05, 3.63) is 48.5 Å². The molecule has 0 bridgehead atoms. The molecule has 2 aromatic rings. The molecule has 1 aliphatic carbocycles. The van der Waals surface area contributed by atoms with Gasteiger partial charge in [-0.1, -0.05) is 42.8 Å². The normalized spacial score (nSPS) is 21.3. The van der Waals surface area contributed by atoms with Gasteiger partial charge in [-0.25, -0.2) is 0 Å². The first-order valence-electron chi connectivity index (χ1n) is 10.6. The van der Waals surface area contributed by atoms with Crippen LogP contribution in [0.3, 0.4) is 0 Å². The molecule has 4 nitrogen and oxygen atoms in total. The van der Waals surface area contributed by atoms with Crippen LogP contribution in [-0.2, 0) is 9.47 Å². The van der Waals surface area contributed by atoms with Crippen molar-refractivity contribution in [3.8, 4) is 11.5 Å². The lowest BCUT2D eigenvalue weighted by atomic mass is 9.93. The average Bonchev–Trinajstić information content (AvgIpc) is 2.78. The molecule has 0 N–H and O–H groups in total. The van der Waals surface area contributed by atoms with Crippen LogP contribution in [-0.4, -0.2) is 38.9 Å². The molecule has 0 amide bonds. The molecule has 2 aliphatic rings. The third-order valence-electron chi connectivity index (χ3n) is 5.94. The van der Waals surface area contributed by atoms with E-state index in [9.17, 15) is 0 Å². The molecule has 1 aliphatic heterocycles. The van der Waals surface area contributed by atoms with Crippen LogP contribution in [0.2, 0.25) is 0 Å². The van der Waals surface area contributed by atoms with Gasteiger partial charge in [0.1, 0.15) is 11.5 Å². The molecule has 1 unspecified atom stereocenters. The number of benzene rings is 2. The summed E-state index contributed by atoms with van der Waals surface area (Å²) in [7, 11) is 2.80. The minimum Gasteiger partial charge on any atom is -0.496 e. The summed E-state index contributed by atoms with van der Waals surface area (Å²) in [4.78, 5) is 0. The Labute approximate surface area is 175 Å². The lowest BCUT2D eigenvalue weighted by Gasteiger charge is -2.44. The summed E-state index contributed by atoms with van der Waals surface area (Å²) in [6.45, 7) is 0.783. The molecule has 1 saturated carbocycles. The molecule has 0 aromatic heterocycles. The number of rotatable bonds is 6. The maximum Gasteiger partial charge on any atom is 0.168 e. The highest BCUT2D eigenvalue weighted by atomic mass is 31.1. The minimum absolute atomic E-state index is 0.183. The summed E-state index contributed by atoms with van der Waals surface area (Å²) in [5, 5.41) is 2.48. The van der Waals surface area contributed by atoms with E-state index in [1.807, 2.05) is 24.3 Å². The molecule has 156 valence electrons. The molecule has 1 atom stereocenters. The summed E-state index contributed by atoms with van der Waals surface area (Å²) in [5.41, 5.74) is 0. The summed E-state index contributed by atoms with van der Waals surface area (Å²) in [5.74, 6) is 1.51. The first kappa shape index (κ1) is 20.7. The van der Waals surface area contributed by atoms with Crippen LogP contribution in [0.1, 0.15) is 38.5 Å². The Morgan fingerprint density at radius 3 is 2.07 bits per heavy atom. The fourth-order valence-electron chi connectivity index (χ4n) is 4.49. The highest BCUT2D eigenvalue weighted by Crippen LogP contribution is 2.44. The van der Waals surface area contributed by atoms with Crippen molar-refractivity contribution < 1.29 is 18.9 Å². The Kier molecular flexibility index (Phi) is 6.74. The quantitative estimate of drug-likeness (QED) is 0.648. The highest BCUT2D eigenvalue weighted by Gasteiger charge is 2.40. The zero-order valence-corrected chi connectivity index (χ0v) is 18.3. The zero-order valence-electron chi connectivity index (χ0n) is 17.4. The summed E-state index contributed by atoms with van der Waals surface area (Å²) in [6.07, 6.45) is 7.78. The smallest absolute Gasteiger partial charge is 0.168 e. The molecule has 1 heterocycles. The lowest BCUT2D eigenvalue weighted by molar-refractivity contribution is -0.300. The van der Waals surface area contributed by atoms with Crippen molar-refractivity contribution in [1.29, 1.82) is 0 Å². The second-order valence-electron chi connectivity index (χ2n) is 7.80. The predicted molar refractivity (Wildman–Crippen MR) is 118 cm³/mol. The maximum absolute atomic E-state index is 6.65. The number of ether oxygens (including phenoxy) is 4. The van der Waals surface area contributed by atoms with Crippen LogP contribution in [0.4, 0.5) is 0 Å². The van der Waals surface area contributed by atoms with Crippen molar-refractivity contribution >= 4 is 18.5 Å². The van der Waals surface area contributed by atoms with Gasteiger partial charge in [-0.2, -0.15) is 0 Å². The van der Waals surface area contributed by atoms with Crippen molar-refractivity contribution in [2.45, 2.75) is 50.4 Å². The lowest BCUT2D eigenvalue weighted by Crippen LogP contribution is -2.47. The number of hydrogen-bond donors (Lipinski definition) is 0. The Morgan fingerprint density at radius 1 is 0.897 bits per heavy atom. The number of hydrogen-bond acceptors (Lipinski definition) is 4. The monoisotopic (exact) mass is 414 g/mol. The highest BCUT2D eigenvalue weighted by molar-refractivity contribution is 7.73. The Morgan fingerprint density at radius 2 is 1.48 bits per heavy atom. The minimum atomic E-state index is -0.695. The second kappa shape index (κ2) is 9.47. The van der Waals surface area contributed by atoms with Crippen molar-refractivity contribution in [2.75, 3.05) is 27.0 Å². The van der Waals surface area contributed by atoms with E-state index >= 15 is 0 Å². The van der Waals surface area contributed by atoms with Crippen LogP contribution in [0.25, 0.3) is 0 Å². The van der Waals surface area contributed by atoms with E-state index in [1.165, 1.54) is 29.9 Å². The SMILES string of the molecule is COc1ccccc1P(CC1CCOC2(CCCCC2)O1)c1ccccc1OC. The second-order valence-corrected chi connectivity index (χ2v) is 9.99. The first-order chi connectivity index (χ1) is 14.2. The fourth-order valence-corrected chi connectivity index (χ4v) is 7.20. The Balaban J connectivity index is 1.65. The van der Waals surface area contributed by atoms with E-state index in [4.69, 9.17) is 18.9 Å². The predicted octanol–water partition coefficient (Wildman–Crippen LogP) is 4.60. The molecule has 29 heavy (non-hydrogen) atoms. The van der Waals surface area contributed by atoms with Gasteiger partial charge in [-0.3, -0.25) is 0 Å². The van der Waals surface area contributed by atoms with Gasteiger partial charge in [0.15, 0.2) is 5.79 Å². The summed E-state index contributed by atoms with van der Waals surface area (Å²) in [6, 6.07) is 16.7. The number of para-hydroxylation sites is 2. The van der Waals surface area contributed by atoms with Crippen molar-refractivity contribution in [1.82, 2.24) is 0 Å². The molecule has 2 fully saturated rings. The van der Waals surface area contributed by atoms with Crippen molar-refractivity contribution in [3.63, 3.8) is 0 Å². The van der Waals surface area contributed by atoms with E-state index in [1.54, 1.807) is 14.2 Å². The Bertz CT molecular complexity index is 750. The van der Waals surface area contributed by atoms with E-state index in [-0.39, 0.29) is 11.9 Å². The maximum atomic E-state index is 6.65. The molecule has 5 heteroatoms. The molecule has 0 radical (unpaired) electrons. The summed E-state index contributed by atoms with van der Waals surface area (Å²) >= 11 is 0. The van der Waals surface area contributed by atoms with Gasteiger partial charge in [0.25, 0.3) is 0 Å². The van der Waals surface area contributed by atoms with Gasteiger partial charge < -0.3 is 18.9 Å². The third-order valence-corrected chi connectivity index (χ3v) is 8.61. The standard InChI is InChI=1S/C24H31O4P/c1-25-20-10-4-6-12-22(20)29(23-13-7-5-11-21(23)26-2)18-19-14-17-27-24(28-19)15-8-3-9-16-24/h4-7,10-13,19H,3,8-9,14-18H2,1-2H3. The molecule has 1 spiro atoms. The summed E-state index contributed by atoms with van der Waals surface area (Å²) < 4.78 is 24.3. The van der Waals surface area contributed by atoms with E-state index in [2.05, 4.69) is 24.3 Å². The number of methoxy groups -OCH3 is 2. The van der Waals surface area contributed by atoms with Crippen LogP contribution < -0.4 is 20.1 Å². The molecular formula is C24H31O4P. The molecule has 1 saturated heterocycles. The third kappa shape index (κ3) is 4.60. The first-order valence-corrected chi connectivity index (χ1v) is 12.1. The van der Waals surface area contributed by atoms with E-state index in [0.717, 1.165) is 43.5 Å². The fraction of sp³-hybridized carbons (Fsp3) is 0.500. The zero-order chi connectivity index (χ0) is 20.1. The van der Waals surface area contributed by atoms with Crippen LogP contribution in [0.15, 0.2) is 48.5 Å². The van der Waals surface area contributed by atoms with Gasteiger partial charge in [0.2, 0.25) is 0 Å². The van der Waals surface area contributed by atoms with Crippen LogP contribution in [0, 0.1) is 0 Å². The van der Waals surface area contributed by atoms with Crippen LogP contribution >= 0.6 is 7.92 Å². The molecule has 2 aromatic carbocycles. The van der Waals surface area contributed by atoms with Gasteiger partial charge in [0.05, 0.1) is 26.9 Å². The van der Waals surface area contributed by atoms with Gasteiger partial charge in [-0.15, -0.1) is 0 Å². The van der Waals surface area contributed by atoms with E-state index < -0.39 is 7.92 Å². The van der Waals surface area contributed by atoms with Gasteiger partial charge in [-0.05, 0) is 39.3 Å². The molecular weight excluding hydrogens is 383 g/mol. The van der Waals surface area contributed by atoms with Crippen molar-refractivity contribution in [2.24, 2.45) is 0 Å². The largest absolute Gasteiger partial charge is 0.496 e. The topological polar surface area (TPSA) is 36.9 Å². The van der Waals surface area contributed by atoms with E-state index in [0.29, 0.717) is 0 Å².